The molecule has 1 aromatic heterocycles. The van der Waals surface area contributed by atoms with Gasteiger partial charge in [0, 0.05) is 9.77 Å². The molecule has 0 saturated heterocycles. The van der Waals surface area contributed by atoms with Gasteiger partial charge in [-0.15, -0.1) is 0 Å². The molecule has 0 fully saturated rings. The van der Waals surface area contributed by atoms with Crippen LogP contribution in [0.3, 0.4) is 0 Å². The van der Waals surface area contributed by atoms with Gasteiger partial charge < -0.3 is 0 Å². The van der Waals surface area contributed by atoms with Crippen LogP contribution in [0.1, 0.15) is 5.56 Å². The average molecular weight is 248 g/mol. The van der Waals surface area contributed by atoms with Gasteiger partial charge in [0.25, 0.3) is 0 Å². The summed E-state index contributed by atoms with van der Waals surface area (Å²) >= 11 is 1.97. The largest absolute Gasteiger partial charge is 0.230 e. The van der Waals surface area contributed by atoms with Gasteiger partial charge in [0.1, 0.15) is 11.6 Å². The third-order valence-corrected chi connectivity index (χ3v) is 1.52. The van der Waals surface area contributed by atoms with Gasteiger partial charge in [0.05, 0.1) is 0 Å². The highest BCUT2D eigenvalue weighted by Gasteiger charge is 2.00. The number of aromatic nitrogens is 1. The molecule has 0 amide bonds. The number of nitriles is 1. The van der Waals surface area contributed by atoms with E-state index in [9.17, 15) is 4.39 Å². The number of rotatable bonds is 0. The van der Waals surface area contributed by atoms with Gasteiger partial charge in [-0.05, 0) is 28.7 Å². The number of halogens is 2. The van der Waals surface area contributed by atoms with Crippen LogP contribution in [0.15, 0.2) is 12.3 Å². The molecule has 0 saturated carbocycles. The van der Waals surface area contributed by atoms with Crippen molar-refractivity contribution >= 4 is 22.6 Å². The smallest absolute Gasteiger partial charge is 0.226 e. The van der Waals surface area contributed by atoms with E-state index in [4.69, 9.17) is 5.26 Å². The standard InChI is InChI=1S/C6H2FIN2/c7-6-4(2-9)1-5(8)3-10-6/h1,3H. The molecule has 0 aliphatic rings. The van der Waals surface area contributed by atoms with E-state index in [1.54, 1.807) is 6.07 Å². The first kappa shape index (κ1) is 7.41. The van der Waals surface area contributed by atoms with E-state index in [-0.39, 0.29) is 5.56 Å². The number of hydrogen-bond donors (Lipinski definition) is 0. The van der Waals surface area contributed by atoms with Gasteiger partial charge in [0.15, 0.2) is 0 Å². The predicted molar refractivity (Wildman–Crippen MR) is 41.6 cm³/mol. The fourth-order valence-electron chi connectivity index (χ4n) is 0.501. The average Bonchev–Trinajstić information content (AvgIpc) is 1.94. The van der Waals surface area contributed by atoms with Crippen LogP contribution in [0, 0.1) is 20.8 Å². The minimum Gasteiger partial charge on any atom is -0.226 e. The Labute approximate surface area is 70.8 Å². The summed E-state index contributed by atoms with van der Waals surface area (Å²) in [6.07, 6.45) is 1.37. The molecule has 0 aromatic carbocycles. The number of hydrogen-bond acceptors (Lipinski definition) is 2. The van der Waals surface area contributed by atoms with Crippen molar-refractivity contribution in [3.8, 4) is 6.07 Å². The monoisotopic (exact) mass is 248 g/mol. The van der Waals surface area contributed by atoms with Crippen molar-refractivity contribution in [3.05, 3.63) is 27.3 Å². The molecule has 1 aromatic rings. The van der Waals surface area contributed by atoms with E-state index in [1.165, 1.54) is 12.3 Å². The first-order valence-electron chi connectivity index (χ1n) is 2.45. The topological polar surface area (TPSA) is 36.7 Å². The molecule has 0 atom stereocenters. The minimum absolute atomic E-state index is 0.00750. The molecule has 1 heterocycles. The molecule has 0 spiro atoms. The molecule has 1 rings (SSSR count). The van der Waals surface area contributed by atoms with Gasteiger partial charge in [-0.2, -0.15) is 9.65 Å². The van der Waals surface area contributed by atoms with Crippen LogP contribution in [0.25, 0.3) is 0 Å². The highest BCUT2D eigenvalue weighted by Crippen LogP contribution is 2.07. The van der Waals surface area contributed by atoms with Crippen LogP contribution in [0.2, 0.25) is 0 Å². The van der Waals surface area contributed by atoms with Crippen LogP contribution in [-0.2, 0) is 0 Å². The Balaban J connectivity index is 3.25. The molecule has 0 aliphatic carbocycles. The van der Waals surface area contributed by atoms with E-state index in [0.717, 1.165) is 3.57 Å². The summed E-state index contributed by atoms with van der Waals surface area (Å²) < 4.78 is 13.2. The second kappa shape index (κ2) is 2.92. The van der Waals surface area contributed by atoms with Crippen LogP contribution >= 0.6 is 22.6 Å². The number of nitrogens with zero attached hydrogens (tertiary/aromatic N) is 2. The quantitative estimate of drug-likeness (QED) is 0.517. The molecule has 0 aliphatic heterocycles. The van der Waals surface area contributed by atoms with Crippen molar-refractivity contribution in [1.29, 1.82) is 5.26 Å². The second-order valence-electron chi connectivity index (χ2n) is 1.60. The first-order chi connectivity index (χ1) is 4.74. The fraction of sp³-hybridized carbons (Fsp3) is 0. The summed E-state index contributed by atoms with van der Waals surface area (Å²) in [6.45, 7) is 0. The molecular formula is C6H2FIN2. The molecule has 4 heteroatoms. The Hall–Kier alpha value is -0.700. The summed E-state index contributed by atoms with van der Waals surface area (Å²) in [6, 6.07) is 3.14. The maximum atomic E-state index is 12.4. The van der Waals surface area contributed by atoms with Gasteiger partial charge in [-0.3, -0.25) is 0 Å². The van der Waals surface area contributed by atoms with E-state index in [1.807, 2.05) is 22.6 Å². The van der Waals surface area contributed by atoms with E-state index < -0.39 is 5.95 Å². The lowest BCUT2D eigenvalue weighted by Gasteiger charge is -1.90. The summed E-state index contributed by atoms with van der Waals surface area (Å²) in [5.41, 5.74) is -0.00750. The van der Waals surface area contributed by atoms with Crippen molar-refractivity contribution < 1.29 is 4.39 Å². The summed E-state index contributed by atoms with van der Waals surface area (Å²) in [5.74, 6) is -0.706. The lowest BCUT2D eigenvalue weighted by atomic mass is 10.3. The third kappa shape index (κ3) is 1.42. The fourth-order valence-corrected chi connectivity index (χ4v) is 0.952. The normalized spacial score (nSPS) is 8.90. The number of pyridine rings is 1. The zero-order valence-electron chi connectivity index (χ0n) is 4.81. The van der Waals surface area contributed by atoms with Crippen LogP contribution in [0.4, 0.5) is 4.39 Å². The maximum Gasteiger partial charge on any atom is 0.230 e. The van der Waals surface area contributed by atoms with Crippen molar-refractivity contribution in [2.24, 2.45) is 0 Å². The zero-order chi connectivity index (χ0) is 7.56. The molecular weight excluding hydrogens is 246 g/mol. The van der Waals surface area contributed by atoms with Crippen molar-refractivity contribution in [2.45, 2.75) is 0 Å². The molecule has 0 unspecified atom stereocenters. The van der Waals surface area contributed by atoms with Gasteiger partial charge in [-0.1, -0.05) is 0 Å². The van der Waals surface area contributed by atoms with E-state index >= 15 is 0 Å². The molecule has 10 heavy (non-hydrogen) atoms. The Morgan fingerprint density at radius 1 is 1.70 bits per heavy atom. The Morgan fingerprint density at radius 2 is 2.40 bits per heavy atom. The lowest BCUT2D eigenvalue weighted by Crippen LogP contribution is -1.88. The highest BCUT2D eigenvalue weighted by molar-refractivity contribution is 14.1. The van der Waals surface area contributed by atoms with Crippen LogP contribution < -0.4 is 0 Å². The summed E-state index contributed by atoms with van der Waals surface area (Å²) in [7, 11) is 0. The zero-order valence-corrected chi connectivity index (χ0v) is 6.96. The van der Waals surface area contributed by atoms with Crippen molar-refractivity contribution in [3.63, 3.8) is 0 Å². The van der Waals surface area contributed by atoms with Gasteiger partial charge in [0.2, 0.25) is 5.95 Å². The molecule has 50 valence electrons. The Kier molecular flexibility index (Phi) is 2.17. The molecule has 0 N–H and O–H groups in total. The van der Waals surface area contributed by atoms with E-state index in [2.05, 4.69) is 4.98 Å². The van der Waals surface area contributed by atoms with E-state index in [0.29, 0.717) is 0 Å². The SMILES string of the molecule is N#Cc1cc(I)cnc1F. The first-order valence-corrected chi connectivity index (χ1v) is 3.53. The summed E-state index contributed by atoms with van der Waals surface area (Å²) in [5, 5.41) is 8.31. The highest BCUT2D eigenvalue weighted by atomic mass is 127. The van der Waals surface area contributed by atoms with Crippen molar-refractivity contribution in [1.82, 2.24) is 4.98 Å². The van der Waals surface area contributed by atoms with Gasteiger partial charge >= 0.3 is 0 Å². The molecule has 0 radical (unpaired) electrons. The summed E-state index contributed by atoms with van der Waals surface area (Å²) in [4.78, 5) is 3.35. The van der Waals surface area contributed by atoms with Crippen LogP contribution in [0.5, 0.6) is 0 Å². The minimum atomic E-state index is -0.706. The second-order valence-corrected chi connectivity index (χ2v) is 2.85. The Bertz CT molecular complexity index is 292. The maximum absolute atomic E-state index is 12.4. The van der Waals surface area contributed by atoms with Gasteiger partial charge in [-0.25, -0.2) is 4.98 Å². The van der Waals surface area contributed by atoms with Crippen molar-refractivity contribution in [2.75, 3.05) is 0 Å². The lowest BCUT2D eigenvalue weighted by molar-refractivity contribution is 0.579. The Morgan fingerprint density at radius 3 is 2.90 bits per heavy atom. The predicted octanol–water partition coefficient (Wildman–Crippen LogP) is 1.70. The van der Waals surface area contributed by atoms with Crippen LogP contribution in [-0.4, -0.2) is 4.98 Å². The molecule has 2 nitrogen and oxygen atoms in total. The third-order valence-electron chi connectivity index (χ3n) is 0.926. The molecule has 0 bridgehead atoms.